The Morgan fingerprint density at radius 2 is 1.50 bits per heavy atom. The molecule has 22 heavy (non-hydrogen) atoms. The van der Waals surface area contributed by atoms with Gasteiger partial charge in [-0.2, -0.15) is 0 Å². The van der Waals surface area contributed by atoms with Crippen molar-refractivity contribution >= 4 is 10.9 Å². The number of rotatable bonds is 1. The number of nitrogens with zero attached hydrogens (tertiary/aromatic N) is 2. The summed E-state index contributed by atoms with van der Waals surface area (Å²) < 4.78 is 0. The van der Waals surface area contributed by atoms with Gasteiger partial charge in [-0.05, 0) is 43.0 Å². The third-order valence-corrected chi connectivity index (χ3v) is 4.00. The summed E-state index contributed by atoms with van der Waals surface area (Å²) in [5.74, 6) is 0. The van der Waals surface area contributed by atoms with Crippen LogP contribution in [0, 0.1) is 13.8 Å². The predicted octanol–water partition coefficient (Wildman–Crippen LogP) is 5.21. The number of fused-ring (bicyclic) bond motifs is 1. The minimum atomic E-state index is 0.124. The highest BCUT2D eigenvalue weighted by molar-refractivity contribution is 5.92. The average Bonchev–Trinajstić information content (AvgIpc) is 2.44. The Hall–Kier alpha value is -2.22. The van der Waals surface area contributed by atoms with E-state index in [1.54, 1.807) is 6.33 Å². The van der Waals surface area contributed by atoms with Gasteiger partial charge in [0.15, 0.2) is 0 Å². The van der Waals surface area contributed by atoms with E-state index in [-0.39, 0.29) is 5.41 Å². The Morgan fingerprint density at radius 1 is 0.818 bits per heavy atom. The van der Waals surface area contributed by atoms with Crippen LogP contribution in [0.5, 0.6) is 0 Å². The first kappa shape index (κ1) is 14.7. The van der Waals surface area contributed by atoms with Gasteiger partial charge in [0, 0.05) is 10.9 Å². The lowest BCUT2D eigenvalue weighted by Crippen LogP contribution is -2.10. The molecule has 2 aromatic carbocycles. The largest absolute Gasteiger partial charge is 0.236 e. The highest BCUT2D eigenvalue weighted by Crippen LogP contribution is 2.30. The summed E-state index contributed by atoms with van der Waals surface area (Å²) in [6.45, 7) is 10.9. The van der Waals surface area contributed by atoms with E-state index in [0.717, 1.165) is 22.2 Å². The van der Waals surface area contributed by atoms with E-state index in [0.29, 0.717) is 0 Å². The van der Waals surface area contributed by atoms with Gasteiger partial charge in [0.2, 0.25) is 0 Å². The van der Waals surface area contributed by atoms with E-state index in [2.05, 4.69) is 81.0 Å². The average molecular weight is 290 g/mol. The van der Waals surface area contributed by atoms with Crippen molar-refractivity contribution < 1.29 is 0 Å². The first-order chi connectivity index (χ1) is 10.3. The molecule has 0 bridgehead atoms. The van der Waals surface area contributed by atoms with E-state index in [1.807, 2.05) is 0 Å². The lowest BCUT2D eigenvalue weighted by molar-refractivity contribution is 0.591. The second-order valence-corrected chi connectivity index (χ2v) is 7.08. The van der Waals surface area contributed by atoms with Gasteiger partial charge in [-0.3, -0.25) is 0 Å². The molecule has 0 aliphatic carbocycles. The van der Waals surface area contributed by atoms with Crippen LogP contribution in [0.2, 0.25) is 0 Å². The molecule has 0 unspecified atom stereocenters. The molecule has 0 amide bonds. The number of hydrogen-bond donors (Lipinski definition) is 0. The fourth-order valence-electron chi connectivity index (χ4n) is 2.86. The van der Waals surface area contributed by atoms with Gasteiger partial charge in [0.05, 0.1) is 11.2 Å². The fraction of sp³-hybridized carbons (Fsp3) is 0.300. The van der Waals surface area contributed by atoms with E-state index in [4.69, 9.17) is 0 Å². The standard InChI is InChI=1S/C20H22N2/c1-13-8-14(2)10-15(9-13)19-17-7-6-16(20(3,4)5)11-18(17)21-12-22-19/h6-12H,1-5H3. The highest BCUT2D eigenvalue weighted by atomic mass is 14.8. The molecule has 0 aliphatic heterocycles. The molecule has 3 rings (SSSR count). The molecule has 0 saturated heterocycles. The Bertz CT molecular complexity index is 822. The summed E-state index contributed by atoms with van der Waals surface area (Å²) in [5, 5.41) is 1.11. The second kappa shape index (κ2) is 5.20. The molecule has 112 valence electrons. The summed E-state index contributed by atoms with van der Waals surface area (Å²) in [4.78, 5) is 9.02. The lowest BCUT2D eigenvalue weighted by Gasteiger charge is -2.19. The minimum absolute atomic E-state index is 0.124. The van der Waals surface area contributed by atoms with Crippen LogP contribution < -0.4 is 0 Å². The molecule has 0 aliphatic rings. The lowest BCUT2D eigenvalue weighted by atomic mass is 9.86. The zero-order chi connectivity index (χ0) is 15.9. The maximum absolute atomic E-state index is 4.54. The summed E-state index contributed by atoms with van der Waals surface area (Å²) in [5.41, 5.74) is 7.12. The van der Waals surface area contributed by atoms with Crippen LogP contribution >= 0.6 is 0 Å². The Kier molecular flexibility index (Phi) is 3.48. The molecule has 1 heterocycles. The molecule has 0 saturated carbocycles. The second-order valence-electron chi connectivity index (χ2n) is 7.08. The van der Waals surface area contributed by atoms with Crippen molar-refractivity contribution in [3.05, 3.63) is 59.4 Å². The smallest absolute Gasteiger partial charge is 0.116 e. The van der Waals surface area contributed by atoms with Crippen molar-refractivity contribution in [1.82, 2.24) is 9.97 Å². The van der Waals surface area contributed by atoms with Crippen LogP contribution in [0.25, 0.3) is 22.2 Å². The van der Waals surface area contributed by atoms with Crippen molar-refractivity contribution in [2.24, 2.45) is 0 Å². The van der Waals surface area contributed by atoms with Gasteiger partial charge in [0.25, 0.3) is 0 Å². The predicted molar refractivity (Wildman–Crippen MR) is 93.1 cm³/mol. The maximum Gasteiger partial charge on any atom is 0.116 e. The van der Waals surface area contributed by atoms with Crippen molar-refractivity contribution in [3.8, 4) is 11.3 Å². The number of aromatic nitrogens is 2. The number of benzene rings is 2. The minimum Gasteiger partial charge on any atom is -0.236 e. The van der Waals surface area contributed by atoms with Crippen LogP contribution in [0.3, 0.4) is 0 Å². The quantitative estimate of drug-likeness (QED) is 0.614. The van der Waals surface area contributed by atoms with Gasteiger partial charge in [-0.25, -0.2) is 9.97 Å². The van der Waals surface area contributed by atoms with Crippen LogP contribution in [0.1, 0.15) is 37.5 Å². The van der Waals surface area contributed by atoms with Crippen molar-refractivity contribution in [3.63, 3.8) is 0 Å². The van der Waals surface area contributed by atoms with E-state index >= 15 is 0 Å². The van der Waals surface area contributed by atoms with Crippen LogP contribution in [-0.2, 0) is 5.41 Å². The molecular formula is C20H22N2. The van der Waals surface area contributed by atoms with Crippen LogP contribution in [-0.4, -0.2) is 9.97 Å². The fourth-order valence-corrected chi connectivity index (χ4v) is 2.86. The van der Waals surface area contributed by atoms with Crippen LogP contribution in [0.4, 0.5) is 0 Å². The van der Waals surface area contributed by atoms with Crippen molar-refractivity contribution in [1.29, 1.82) is 0 Å². The molecule has 0 N–H and O–H groups in total. The van der Waals surface area contributed by atoms with Gasteiger partial charge < -0.3 is 0 Å². The molecule has 0 fully saturated rings. The molecule has 3 aromatic rings. The molecule has 0 radical (unpaired) electrons. The Labute approximate surface area is 132 Å². The third-order valence-electron chi connectivity index (χ3n) is 4.00. The molecular weight excluding hydrogens is 268 g/mol. The van der Waals surface area contributed by atoms with E-state index in [9.17, 15) is 0 Å². The Morgan fingerprint density at radius 3 is 2.14 bits per heavy atom. The van der Waals surface area contributed by atoms with Crippen molar-refractivity contribution in [2.75, 3.05) is 0 Å². The zero-order valence-electron chi connectivity index (χ0n) is 13.9. The number of hydrogen-bond acceptors (Lipinski definition) is 2. The summed E-state index contributed by atoms with van der Waals surface area (Å²) in [6, 6.07) is 13.1. The SMILES string of the molecule is Cc1cc(C)cc(-c2ncnc3cc(C(C)(C)C)ccc23)c1. The molecule has 0 spiro atoms. The maximum atomic E-state index is 4.54. The third kappa shape index (κ3) is 2.74. The Balaban J connectivity index is 2.23. The van der Waals surface area contributed by atoms with Gasteiger partial charge >= 0.3 is 0 Å². The summed E-state index contributed by atoms with van der Waals surface area (Å²) in [7, 11) is 0. The topological polar surface area (TPSA) is 25.8 Å². The highest BCUT2D eigenvalue weighted by Gasteiger charge is 2.15. The number of aryl methyl sites for hydroxylation is 2. The monoisotopic (exact) mass is 290 g/mol. The van der Waals surface area contributed by atoms with E-state index in [1.165, 1.54) is 16.7 Å². The van der Waals surface area contributed by atoms with Gasteiger partial charge in [0.1, 0.15) is 6.33 Å². The van der Waals surface area contributed by atoms with Gasteiger partial charge in [-0.15, -0.1) is 0 Å². The summed E-state index contributed by atoms with van der Waals surface area (Å²) >= 11 is 0. The molecule has 2 nitrogen and oxygen atoms in total. The molecule has 1 aromatic heterocycles. The molecule has 2 heteroatoms. The summed E-state index contributed by atoms with van der Waals surface area (Å²) in [6.07, 6.45) is 1.67. The molecule has 0 atom stereocenters. The first-order valence-electron chi connectivity index (χ1n) is 7.68. The zero-order valence-corrected chi connectivity index (χ0v) is 13.9. The normalized spacial score (nSPS) is 11.9. The van der Waals surface area contributed by atoms with Crippen LogP contribution in [0.15, 0.2) is 42.7 Å². The van der Waals surface area contributed by atoms with E-state index < -0.39 is 0 Å². The first-order valence-corrected chi connectivity index (χ1v) is 7.68. The van der Waals surface area contributed by atoms with Gasteiger partial charge in [-0.1, -0.05) is 50.1 Å². The van der Waals surface area contributed by atoms with Crippen molar-refractivity contribution in [2.45, 2.75) is 40.0 Å².